The second-order valence-electron chi connectivity index (χ2n) is 6.68. The summed E-state index contributed by atoms with van der Waals surface area (Å²) in [6.07, 6.45) is 2.51. The van der Waals surface area contributed by atoms with Crippen LogP contribution in [0.15, 0.2) is 0 Å². The Morgan fingerprint density at radius 3 is 2.19 bits per heavy atom. The zero-order valence-electron chi connectivity index (χ0n) is 11.8. The number of hydrogen-bond donors (Lipinski definition) is 2. The molecule has 0 aromatic carbocycles. The summed E-state index contributed by atoms with van der Waals surface area (Å²) in [4.78, 5) is 0. The second kappa shape index (κ2) is 5.05. The standard InChI is InChI=1S/C14H30N2/c1-11(9-15)7-6-8-16-10-12-13(2,3)14(12,4)5/h11-12,16H,6-10,15H2,1-5H3. The molecule has 0 aromatic rings. The van der Waals surface area contributed by atoms with Gasteiger partial charge in [0.1, 0.15) is 0 Å². The molecule has 16 heavy (non-hydrogen) atoms. The Bertz CT molecular complexity index is 207. The van der Waals surface area contributed by atoms with E-state index in [-0.39, 0.29) is 0 Å². The van der Waals surface area contributed by atoms with Crippen LogP contribution < -0.4 is 11.1 Å². The Hall–Kier alpha value is -0.0800. The van der Waals surface area contributed by atoms with E-state index in [1.807, 2.05) is 0 Å². The Morgan fingerprint density at radius 1 is 1.19 bits per heavy atom. The summed E-state index contributed by atoms with van der Waals surface area (Å²) < 4.78 is 0. The van der Waals surface area contributed by atoms with Crippen LogP contribution in [0.2, 0.25) is 0 Å². The first kappa shape index (κ1) is 14.0. The third-order valence-corrected chi connectivity index (χ3v) is 5.12. The van der Waals surface area contributed by atoms with E-state index >= 15 is 0 Å². The van der Waals surface area contributed by atoms with Crippen LogP contribution in [0.3, 0.4) is 0 Å². The minimum absolute atomic E-state index is 0.518. The van der Waals surface area contributed by atoms with E-state index in [9.17, 15) is 0 Å². The molecule has 2 heteroatoms. The van der Waals surface area contributed by atoms with Crippen molar-refractivity contribution < 1.29 is 0 Å². The molecule has 1 rings (SSSR count). The first-order chi connectivity index (χ1) is 7.34. The van der Waals surface area contributed by atoms with Crippen molar-refractivity contribution in [1.82, 2.24) is 5.32 Å². The molecule has 0 amide bonds. The summed E-state index contributed by atoms with van der Waals surface area (Å²) in [7, 11) is 0. The highest BCUT2D eigenvalue weighted by Crippen LogP contribution is 2.67. The summed E-state index contributed by atoms with van der Waals surface area (Å²) in [5.41, 5.74) is 6.63. The zero-order valence-corrected chi connectivity index (χ0v) is 11.8. The summed E-state index contributed by atoms with van der Waals surface area (Å²) in [6, 6.07) is 0. The van der Waals surface area contributed by atoms with Gasteiger partial charge in [0.25, 0.3) is 0 Å². The molecule has 0 bridgehead atoms. The van der Waals surface area contributed by atoms with Gasteiger partial charge in [-0.1, -0.05) is 34.6 Å². The van der Waals surface area contributed by atoms with E-state index in [0.717, 1.165) is 19.0 Å². The molecule has 1 atom stereocenters. The van der Waals surface area contributed by atoms with Crippen LogP contribution in [0.1, 0.15) is 47.5 Å². The molecule has 1 fully saturated rings. The van der Waals surface area contributed by atoms with E-state index in [1.165, 1.54) is 19.4 Å². The van der Waals surface area contributed by atoms with Crippen molar-refractivity contribution >= 4 is 0 Å². The fraction of sp³-hybridized carbons (Fsp3) is 1.00. The van der Waals surface area contributed by atoms with Crippen molar-refractivity contribution in [2.45, 2.75) is 47.5 Å². The fourth-order valence-electron chi connectivity index (χ4n) is 2.78. The minimum atomic E-state index is 0.518. The molecule has 0 aliphatic heterocycles. The normalized spacial score (nSPS) is 24.4. The zero-order chi connectivity index (χ0) is 12.4. The number of rotatable bonds is 7. The lowest BCUT2D eigenvalue weighted by Crippen LogP contribution is -2.21. The molecule has 0 spiro atoms. The van der Waals surface area contributed by atoms with Gasteiger partial charge in [-0.05, 0) is 55.1 Å². The molecule has 0 heterocycles. The topological polar surface area (TPSA) is 38.0 Å². The summed E-state index contributed by atoms with van der Waals surface area (Å²) in [5, 5.41) is 3.60. The summed E-state index contributed by atoms with van der Waals surface area (Å²) in [5.74, 6) is 1.52. The largest absolute Gasteiger partial charge is 0.330 e. The molecule has 1 saturated carbocycles. The Kier molecular flexibility index (Phi) is 4.42. The first-order valence-electron chi connectivity index (χ1n) is 6.74. The maximum Gasteiger partial charge on any atom is -0.000989 e. The monoisotopic (exact) mass is 226 g/mol. The van der Waals surface area contributed by atoms with Gasteiger partial charge in [-0.15, -0.1) is 0 Å². The van der Waals surface area contributed by atoms with Crippen LogP contribution in [0.5, 0.6) is 0 Å². The van der Waals surface area contributed by atoms with Gasteiger partial charge in [-0.2, -0.15) is 0 Å². The van der Waals surface area contributed by atoms with Crippen molar-refractivity contribution in [2.24, 2.45) is 28.4 Å². The Morgan fingerprint density at radius 2 is 1.75 bits per heavy atom. The van der Waals surface area contributed by atoms with Crippen LogP contribution in [-0.2, 0) is 0 Å². The number of nitrogens with one attached hydrogen (secondary N) is 1. The van der Waals surface area contributed by atoms with Gasteiger partial charge < -0.3 is 11.1 Å². The molecular formula is C14H30N2. The van der Waals surface area contributed by atoms with Gasteiger partial charge in [0.15, 0.2) is 0 Å². The summed E-state index contributed by atoms with van der Waals surface area (Å²) >= 11 is 0. The van der Waals surface area contributed by atoms with E-state index in [2.05, 4.69) is 39.9 Å². The van der Waals surface area contributed by atoms with Crippen LogP contribution in [0.4, 0.5) is 0 Å². The van der Waals surface area contributed by atoms with Crippen molar-refractivity contribution in [3.63, 3.8) is 0 Å². The number of nitrogens with two attached hydrogens (primary N) is 1. The quantitative estimate of drug-likeness (QED) is 0.655. The van der Waals surface area contributed by atoms with E-state index in [4.69, 9.17) is 5.73 Å². The lowest BCUT2D eigenvalue weighted by atomic mass is 10.0. The molecule has 2 nitrogen and oxygen atoms in total. The maximum atomic E-state index is 5.60. The van der Waals surface area contributed by atoms with Crippen LogP contribution in [0, 0.1) is 22.7 Å². The third kappa shape index (κ3) is 2.78. The van der Waals surface area contributed by atoms with Crippen LogP contribution in [0.25, 0.3) is 0 Å². The van der Waals surface area contributed by atoms with Gasteiger partial charge in [0, 0.05) is 0 Å². The Labute approximate surface area is 101 Å². The van der Waals surface area contributed by atoms with Gasteiger partial charge in [-0.3, -0.25) is 0 Å². The molecule has 1 aliphatic rings. The fourth-order valence-corrected chi connectivity index (χ4v) is 2.78. The predicted molar refractivity (Wildman–Crippen MR) is 71.4 cm³/mol. The highest BCUT2D eigenvalue weighted by Gasteiger charge is 2.63. The average Bonchev–Trinajstić information content (AvgIpc) is 2.59. The summed E-state index contributed by atoms with van der Waals surface area (Å²) in [6.45, 7) is 14.9. The molecule has 0 radical (unpaired) electrons. The third-order valence-electron chi connectivity index (χ3n) is 5.12. The SMILES string of the molecule is CC(CN)CCCNCC1C(C)(C)C1(C)C. The predicted octanol–water partition coefficient (Wildman–Crippen LogP) is 2.63. The first-order valence-corrected chi connectivity index (χ1v) is 6.74. The van der Waals surface area contributed by atoms with Gasteiger partial charge in [0.2, 0.25) is 0 Å². The lowest BCUT2D eigenvalue weighted by Gasteiger charge is -2.09. The van der Waals surface area contributed by atoms with Gasteiger partial charge in [-0.25, -0.2) is 0 Å². The molecule has 96 valence electrons. The van der Waals surface area contributed by atoms with Gasteiger partial charge >= 0.3 is 0 Å². The number of hydrogen-bond acceptors (Lipinski definition) is 2. The van der Waals surface area contributed by atoms with Crippen LogP contribution in [-0.4, -0.2) is 19.6 Å². The highest BCUT2D eigenvalue weighted by molar-refractivity contribution is 5.12. The van der Waals surface area contributed by atoms with E-state index < -0.39 is 0 Å². The molecule has 0 saturated heterocycles. The smallest absolute Gasteiger partial charge is 0.000989 e. The average molecular weight is 226 g/mol. The minimum Gasteiger partial charge on any atom is -0.330 e. The lowest BCUT2D eigenvalue weighted by molar-refractivity contribution is 0.457. The molecule has 0 aromatic heterocycles. The molecule has 3 N–H and O–H groups in total. The maximum absolute atomic E-state index is 5.60. The molecular weight excluding hydrogens is 196 g/mol. The van der Waals surface area contributed by atoms with Crippen molar-refractivity contribution in [3.05, 3.63) is 0 Å². The Balaban J connectivity index is 2.06. The van der Waals surface area contributed by atoms with Gasteiger partial charge in [0.05, 0.1) is 0 Å². The van der Waals surface area contributed by atoms with Crippen molar-refractivity contribution in [2.75, 3.05) is 19.6 Å². The second-order valence-corrected chi connectivity index (χ2v) is 6.68. The van der Waals surface area contributed by atoms with Crippen LogP contribution >= 0.6 is 0 Å². The van der Waals surface area contributed by atoms with Crippen molar-refractivity contribution in [3.8, 4) is 0 Å². The molecule has 1 unspecified atom stereocenters. The van der Waals surface area contributed by atoms with E-state index in [1.54, 1.807) is 0 Å². The highest BCUT2D eigenvalue weighted by atomic mass is 14.9. The van der Waals surface area contributed by atoms with E-state index in [0.29, 0.717) is 16.7 Å². The van der Waals surface area contributed by atoms with Crippen molar-refractivity contribution in [1.29, 1.82) is 0 Å². The molecule has 1 aliphatic carbocycles.